The molecule has 0 fully saturated rings. The first-order valence-electron chi connectivity index (χ1n) is 9.09. The predicted octanol–water partition coefficient (Wildman–Crippen LogP) is 5.30. The van der Waals surface area contributed by atoms with E-state index >= 15 is 0 Å². The van der Waals surface area contributed by atoms with E-state index in [2.05, 4.69) is 0 Å². The van der Waals surface area contributed by atoms with Crippen molar-refractivity contribution in [3.63, 3.8) is 0 Å². The van der Waals surface area contributed by atoms with Gasteiger partial charge < -0.3 is 9.67 Å². The van der Waals surface area contributed by atoms with E-state index < -0.39 is 34.0 Å². The molecule has 1 atom stereocenters. The van der Waals surface area contributed by atoms with Gasteiger partial charge in [0.2, 0.25) is 5.43 Å². The Morgan fingerprint density at radius 3 is 2.37 bits per heavy atom. The number of hydrogen-bond donors (Lipinski definition) is 1. The summed E-state index contributed by atoms with van der Waals surface area (Å²) in [6, 6.07) is 17.6. The van der Waals surface area contributed by atoms with E-state index in [1.807, 2.05) is 6.07 Å². The predicted molar refractivity (Wildman–Crippen MR) is 111 cm³/mol. The number of benzene rings is 3. The van der Waals surface area contributed by atoms with Crippen LogP contribution in [-0.2, 0) is 0 Å². The van der Waals surface area contributed by atoms with Gasteiger partial charge in [0.1, 0.15) is 22.6 Å². The van der Waals surface area contributed by atoms with E-state index in [1.54, 1.807) is 47.0 Å². The maximum atomic E-state index is 14.9. The highest BCUT2D eigenvalue weighted by Gasteiger charge is 2.37. The number of rotatable bonds is 3. The third kappa shape index (κ3) is 2.66. The summed E-state index contributed by atoms with van der Waals surface area (Å²) in [5, 5.41) is 9.21. The van der Waals surface area contributed by atoms with Crippen LogP contribution in [0, 0.1) is 11.6 Å². The van der Waals surface area contributed by atoms with Gasteiger partial charge >= 0.3 is 5.97 Å². The number of carboxylic acids is 1. The molecule has 1 unspecified atom stereocenters. The zero-order chi connectivity index (χ0) is 21.0. The Bertz CT molecular complexity index is 1400. The Morgan fingerprint density at radius 2 is 1.67 bits per heavy atom. The molecular formula is C23H13F2NO3S. The van der Waals surface area contributed by atoms with E-state index in [1.165, 1.54) is 12.1 Å². The van der Waals surface area contributed by atoms with Gasteiger partial charge in [-0.1, -0.05) is 60.3 Å². The molecule has 1 aliphatic heterocycles. The van der Waals surface area contributed by atoms with Crippen LogP contribution >= 0.6 is 11.8 Å². The topological polar surface area (TPSA) is 59.3 Å². The van der Waals surface area contributed by atoms with Crippen molar-refractivity contribution in [2.24, 2.45) is 0 Å². The fraction of sp³-hybridized carbons (Fsp3) is 0.0435. The Balaban J connectivity index is 1.85. The number of thioether (sulfide) groups is 1. The van der Waals surface area contributed by atoms with Gasteiger partial charge in [-0.3, -0.25) is 4.79 Å². The van der Waals surface area contributed by atoms with Crippen LogP contribution in [-0.4, -0.2) is 15.6 Å². The molecule has 0 bridgehead atoms. The van der Waals surface area contributed by atoms with E-state index in [9.17, 15) is 23.5 Å². The average molecular weight is 421 g/mol. The van der Waals surface area contributed by atoms with Crippen molar-refractivity contribution in [2.45, 2.75) is 10.4 Å². The lowest BCUT2D eigenvalue weighted by Crippen LogP contribution is -2.30. The van der Waals surface area contributed by atoms with Crippen molar-refractivity contribution < 1.29 is 18.7 Å². The highest BCUT2D eigenvalue weighted by atomic mass is 32.2. The van der Waals surface area contributed by atoms with Crippen LogP contribution in [0.2, 0.25) is 0 Å². The number of fused-ring (bicyclic) bond motifs is 3. The normalized spacial score (nSPS) is 14.9. The van der Waals surface area contributed by atoms with E-state index in [-0.39, 0.29) is 16.0 Å². The Labute approximate surface area is 173 Å². The zero-order valence-electron chi connectivity index (χ0n) is 15.3. The lowest BCUT2D eigenvalue weighted by Gasteiger charge is -2.35. The molecule has 1 aliphatic rings. The lowest BCUT2D eigenvalue weighted by atomic mass is 10.0. The van der Waals surface area contributed by atoms with Crippen LogP contribution < -0.4 is 5.43 Å². The maximum Gasteiger partial charge on any atom is 0.342 e. The van der Waals surface area contributed by atoms with Crippen molar-refractivity contribution in [2.75, 3.05) is 0 Å². The van der Waals surface area contributed by atoms with E-state index in [0.29, 0.717) is 16.6 Å². The number of carboxylic acid groups (broad SMARTS) is 1. The van der Waals surface area contributed by atoms with Gasteiger partial charge in [0.15, 0.2) is 0 Å². The minimum atomic E-state index is -1.39. The average Bonchev–Trinajstić information content (AvgIpc) is 2.72. The van der Waals surface area contributed by atoms with Crippen molar-refractivity contribution in [3.8, 4) is 11.1 Å². The van der Waals surface area contributed by atoms with Crippen LogP contribution in [0.4, 0.5) is 8.78 Å². The molecule has 1 aromatic heterocycles. The molecule has 4 aromatic rings. The zero-order valence-corrected chi connectivity index (χ0v) is 16.1. The van der Waals surface area contributed by atoms with Gasteiger partial charge in [0.25, 0.3) is 0 Å². The highest BCUT2D eigenvalue weighted by molar-refractivity contribution is 8.00. The molecule has 148 valence electrons. The van der Waals surface area contributed by atoms with Gasteiger partial charge in [-0.2, -0.15) is 0 Å². The molecule has 4 nitrogen and oxygen atoms in total. The molecular weight excluding hydrogens is 408 g/mol. The molecule has 0 saturated heterocycles. The van der Waals surface area contributed by atoms with Crippen molar-refractivity contribution in [1.82, 2.24) is 4.57 Å². The second-order valence-electron chi connectivity index (χ2n) is 6.89. The standard InChI is InChI=1S/C23H13F2NO3S/c24-16-9-5-4-8-13(16)21-26-18-11-14(12-6-2-1-3-7-12)17(25)10-15(18)20(27)19(23(28)29)22(26)30-21/h1-11,21H,(H,28,29). The molecule has 3 aromatic carbocycles. The van der Waals surface area contributed by atoms with E-state index in [0.717, 1.165) is 17.8 Å². The third-order valence-electron chi connectivity index (χ3n) is 5.18. The van der Waals surface area contributed by atoms with Crippen LogP contribution in [0.15, 0.2) is 76.6 Å². The first-order valence-corrected chi connectivity index (χ1v) is 9.97. The molecule has 5 rings (SSSR count). The van der Waals surface area contributed by atoms with Gasteiger partial charge in [-0.15, -0.1) is 0 Å². The second kappa shape index (κ2) is 6.81. The number of halogens is 2. The first-order chi connectivity index (χ1) is 14.5. The summed E-state index contributed by atoms with van der Waals surface area (Å²) in [6.45, 7) is 0. The maximum absolute atomic E-state index is 14.9. The van der Waals surface area contributed by atoms with Crippen LogP contribution in [0.5, 0.6) is 0 Å². The summed E-state index contributed by atoms with van der Waals surface area (Å²) in [5.74, 6) is -2.45. The fourth-order valence-electron chi connectivity index (χ4n) is 3.77. The summed E-state index contributed by atoms with van der Waals surface area (Å²) in [6.07, 6.45) is 0. The minimum Gasteiger partial charge on any atom is -0.477 e. The molecule has 1 N–H and O–H groups in total. The fourth-order valence-corrected chi connectivity index (χ4v) is 5.08. The third-order valence-corrected chi connectivity index (χ3v) is 6.49. The van der Waals surface area contributed by atoms with Crippen molar-refractivity contribution in [1.29, 1.82) is 0 Å². The van der Waals surface area contributed by atoms with Crippen LogP contribution in [0.3, 0.4) is 0 Å². The number of carbonyl (C=O) groups is 1. The number of pyridine rings is 1. The summed E-state index contributed by atoms with van der Waals surface area (Å²) in [5.41, 5.74) is 0.461. The molecule has 2 heterocycles. The molecule has 0 radical (unpaired) electrons. The van der Waals surface area contributed by atoms with Crippen molar-refractivity contribution in [3.05, 3.63) is 99.7 Å². The van der Waals surface area contributed by atoms with Crippen LogP contribution in [0.1, 0.15) is 21.3 Å². The monoisotopic (exact) mass is 421 g/mol. The highest BCUT2D eigenvalue weighted by Crippen LogP contribution is 2.51. The summed E-state index contributed by atoms with van der Waals surface area (Å²) in [4.78, 5) is 24.6. The summed E-state index contributed by atoms with van der Waals surface area (Å²) in [7, 11) is 0. The molecule has 0 saturated carbocycles. The molecule has 0 spiro atoms. The number of nitrogens with zero attached hydrogens (tertiary/aromatic N) is 1. The Morgan fingerprint density at radius 1 is 0.967 bits per heavy atom. The second-order valence-corrected chi connectivity index (χ2v) is 7.96. The molecule has 0 aliphatic carbocycles. The SMILES string of the molecule is O=C(O)c1c2n(c3cc(-c4ccccc4)c(F)cc3c1=O)C(c1ccccc1F)S2. The minimum absolute atomic E-state index is 0.0463. The summed E-state index contributed by atoms with van der Waals surface area (Å²) >= 11 is 1.10. The largest absolute Gasteiger partial charge is 0.477 e. The molecule has 7 heteroatoms. The summed E-state index contributed by atoms with van der Waals surface area (Å²) < 4.78 is 30.9. The van der Waals surface area contributed by atoms with Crippen molar-refractivity contribution >= 4 is 28.6 Å². The number of aromatic nitrogens is 1. The number of hydrogen-bond acceptors (Lipinski definition) is 3. The Kier molecular flexibility index (Phi) is 4.22. The molecule has 30 heavy (non-hydrogen) atoms. The quantitative estimate of drug-likeness (QED) is 0.488. The lowest BCUT2D eigenvalue weighted by molar-refractivity contribution is 0.0689. The van der Waals surface area contributed by atoms with E-state index in [4.69, 9.17) is 0 Å². The van der Waals surface area contributed by atoms with Gasteiger partial charge in [-0.05, 0) is 23.8 Å². The smallest absolute Gasteiger partial charge is 0.342 e. The molecule has 0 amide bonds. The first kappa shape index (κ1) is 18.6. The van der Waals surface area contributed by atoms with Gasteiger partial charge in [0.05, 0.1) is 10.5 Å². The van der Waals surface area contributed by atoms with Crippen LogP contribution in [0.25, 0.3) is 22.0 Å². The van der Waals surface area contributed by atoms with Gasteiger partial charge in [0, 0.05) is 16.5 Å². The number of aromatic carboxylic acids is 1. The van der Waals surface area contributed by atoms with Gasteiger partial charge in [-0.25, -0.2) is 13.6 Å². The Hall–Kier alpha value is -3.45.